The fourth-order valence-corrected chi connectivity index (χ4v) is 1.62. The number of carbonyl (C=O) groups is 1. The molecule has 104 valence electrons. The predicted molar refractivity (Wildman–Crippen MR) is 70.9 cm³/mol. The summed E-state index contributed by atoms with van der Waals surface area (Å²) in [6.45, 7) is 3.59. The Hall–Kier alpha value is -1.82. The lowest BCUT2D eigenvalue weighted by Crippen LogP contribution is -2.47. The van der Waals surface area contributed by atoms with Crippen molar-refractivity contribution in [1.29, 1.82) is 0 Å². The van der Waals surface area contributed by atoms with Gasteiger partial charge in [-0.25, -0.2) is 4.39 Å². The van der Waals surface area contributed by atoms with Crippen LogP contribution in [0.2, 0.25) is 5.02 Å². The van der Waals surface area contributed by atoms with Crippen molar-refractivity contribution >= 4 is 23.3 Å². The van der Waals surface area contributed by atoms with Gasteiger partial charge in [0.2, 0.25) is 0 Å². The number of amides is 1. The highest BCUT2D eigenvalue weighted by molar-refractivity contribution is 6.30. The molecule has 1 amide bonds. The minimum absolute atomic E-state index is 0.0617. The molecular weight excluding hydrogens is 273 g/mol. The van der Waals surface area contributed by atoms with E-state index in [1.54, 1.807) is 13.8 Å². The lowest BCUT2D eigenvalue weighted by molar-refractivity contribution is 0.0938. The number of halogens is 2. The van der Waals surface area contributed by atoms with Crippen molar-refractivity contribution in [3.8, 4) is 0 Å². The molecule has 1 aromatic carbocycles. The lowest BCUT2D eigenvalue weighted by Gasteiger charge is -2.20. The largest absolute Gasteiger partial charge is 0.409 e. The fraction of sp³-hybridized carbons (Fsp3) is 0.333. The van der Waals surface area contributed by atoms with Crippen LogP contribution in [-0.4, -0.2) is 23.0 Å². The molecule has 0 bridgehead atoms. The lowest BCUT2D eigenvalue weighted by atomic mass is 10.0. The molecular formula is C12H15ClFN3O2. The monoisotopic (exact) mass is 287 g/mol. The Labute approximate surface area is 115 Å². The second kappa shape index (κ2) is 6.38. The number of nitrogens with one attached hydrogen (secondary N) is 1. The van der Waals surface area contributed by atoms with Crippen molar-refractivity contribution in [2.24, 2.45) is 16.8 Å². The number of nitrogens with two attached hydrogens (primary N) is 1. The molecule has 0 fully saturated rings. The highest BCUT2D eigenvalue weighted by Gasteiger charge is 2.21. The molecule has 0 spiro atoms. The zero-order chi connectivity index (χ0) is 14.6. The molecule has 0 heterocycles. The van der Waals surface area contributed by atoms with Crippen LogP contribution in [0.4, 0.5) is 4.39 Å². The van der Waals surface area contributed by atoms with E-state index in [0.717, 1.165) is 6.07 Å². The van der Waals surface area contributed by atoms with Gasteiger partial charge in [-0.15, -0.1) is 0 Å². The number of benzene rings is 1. The van der Waals surface area contributed by atoms with Crippen LogP contribution in [-0.2, 0) is 0 Å². The Balaban J connectivity index is 2.91. The molecule has 0 aliphatic heterocycles. The van der Waals surface area contributed by atoms with Gasteiger partial charge in [-0.2, -0.15) is 0 Å². The Bertz CT molecular complexity index is 506. The topological polar surface area (TPSA) is 87.7 Å². The number of hydrogen-bond donors (Lipinski definition) is 3. The first-order valence-electron chi connectivity index (χ1n) is 5.60. The minimum atomic E-state index is -0.681. The van der Waals surface area contributed by atoms with Crippen LogP contribution in [0.3, 0.4) is 0 Å². The fourth-order valence-electron chi connectivity index (χ4n) is 1.51. The van der Waals surface area contributed by atoms with Crippen LogP contribution in [0.1, 0.15) is 24.2 Å². The zero-order valence-electron chi connectivity index (χ0n) is 10.5. The summed E-state index contributed by atoms with van der Waals surface area (Å²) in [5.41, 5.74) is 5.60. The number of nitrogens with zero attached hydrogens (tertiary/aromatic N) is 1. The summed E-state index contributed by atoms with van der Waals surface area (Å²) >= 11 is 5.54. The standard InChI is InChI=1S/C12H15ClFN3O2/c1-6(2)10(11(15)17-19)16-12(18)7-3-4-8(13)9(14)5-7/h3-6,10,19H,1-2H3,(H2,15,17)(H,16,18). The highest BCUT2D eigenvalue weighted by Crippen LogP contribution is 2.16. The third kappa shape index (κ3) is 3.82. The summed E-state index contributed by atoms with van der Waals surface area (Å²) < 4.78 is 13.3. The van der Waals surface area contributed by atoms with E-state index in [4.69, 9.17) is 22.5 Å². The first-order valence-corrected chi connectivity index (χ1v) is 5.98. The Kier molecular flexibility index (Phi) is 5.11. The molecule has 0 saturated carbocycles. The van der Waals surface area contributed by atoms with E-state index in [9.17, 15) is 9.18 Å². The van der Waals surface area contributed by atoms with Crippen molar-refractivity contribution in [1.82, 2.24) is 5.32 Å². The second-order valence-corrected chi connectivity index (χ2v) is 4.76. The van der Waals surface area contributed by atoms with Crippen molar-refractivity contribution in [3.05, 3.63) is 34.6 Å². The molecule has 0 saturated heterocycles. The molecule has 0 aliphatic rings. The normalized spacial score (nSPS) is 13.4. The van der Waals surface area contributed by atoms with Crippen molar-refractivity contribution < 1.29 is 14.4 Å². The smallest absolute Gasteiger partial charge is 0.251 e. The maximum absolute atomic E-state index is 13.3. The van der Waals surface area contributed by atoms with Crippen LogP contribution < -0.4 is 11.1 Å². The van der Waals surface area contributed by atoms with Crippen molar-refractivity contribution in [3.63, 3.8) is 0 Å². The summed E-state index contributed by atoms with van der Waals surface area (Å²) in [5, 5.41) is 14.0. The predicted octanol–water partition coefficient (Wildman–Crippen LogP) is 1.98. The van der Waals surface area contributed by atoms with Gasteiger partial charge in [0.1, 0.15) is 5.82 Å². The molecule has 1 atom stereocenters. The number of carbonyl (C=O) groups excluding carboxylic acids is 1. The van der Waals surface area contributed by atoms with E-state index < -0.39 is 17.8 Å². The van der Waals surface area contributed by atoms with Crippen LogP contribution in [0.15, 0.2) is 23.4 Å². The van der Waals surface area contributed by atoms with E-state index in [2.05, 4.69) is 10.5 Å². The summed E-state index contributed by atoms with van der Waals surface area (Å²) in [5.74, 6) is -1.41. The molecule has 0 aromatic heterocycles. The quantitative estimate of drug-likeness (QED) is 0.342. The molecule has 5 nitrogen and oxygen atoms in total. The van der Waals surface area contributed by atoms with Gasteiger partial charge in [-0.1, -0.05) is 30.6 Å². The summed E-state index contributed by atoms with van der Waals surface area (Å²) in [7, 11) is 0. The van der Waals surface area contributed by atoms with E-state index in [-0.39, 0.29) is 22.3 Å². The molecule has 19 heavy (non-hydrogen) atoms. The molecule has 7 heteroatoms. The third-order valence-corrected chi connectivity index (χ3v) is 2.88. The van der Waals surface area contributed by atoms with Crippen molar-refractivity contribution in [2.45, 2.75) is 19.9 Å². The molecule has 0 aliphatic carbocycles. The average Bonchev–Trinajstić information content (AvgIpc) is 2.37. The minimum Gasteiger partial charge on any atom is -0.409 e. The van der Waals surface area contributed by atoms with Gasteiger partial charge in [0.25, 0.3) is 5.91 Å². The van der Waals surface area contributed by atoms with E-state index in [1.165, 1.54) is 12.1 Å². The first kappa shape index (κ1) is 15.2. The van der Waals surface area contributed by atoms with Gasteiger partial charge in [0, 0.05) is 5.56 Å². The Morgan fingerprint density at radius 2 is 2.16 bits per heavy atom. The van der Waals surface area contributed by atoms with Gasteiger partial charge in [-0.3, -0.25) is 4.79 Å². The van der Waals surface area contributed by atoms with Gasteiger partial charge in [0.05, 0.1) is 11.1 Å². The maximum atomic E-state index is 13.3. The van der Waals surface area contributed by atoms with E-state index >= 15 is 0 Å². The molecule has 0 radical (unpaired) electrons. The number of rotatable bonds is 4. The summed E-state index contributed by atoms with van der Waals surface area (Å²) in [6.07, 6.45) is 0. The SMILES string of the molecule is CC(C)C(NC(=O)c1ccc(Cl)c(F)c1)/C(N)=N/O. The van der Waals surface area contributed by atoms with Crippen molar-refractivity contribution in [2.75, 3.05) is 0 Å². The second-order valence-electron chi connectivity index (χ2n) is 4.35. The van der Waals surface area contributed by atoms with E-state index in [0.29, 0.717) is 0 Å². The highest BCUT2D eigenvalue weighted by atomic mass is 35.5. The van der Waals surface area contributed by atoms with Crippen LogP contribution in [0, 0.1) is 11.7 Å². The third-order valence-electron chi connectivity index (χ3n) is 2.57. The van der Waals surface area contributed by atoms with E-state index in [1.807, 2.05) is 0 Å². The molecule has 4 N–H and O–H groups in total. The van der Waals surface area contributed by atoms with Crippen LogP contribution in [0.25, 0.3) is 0 Å². The molecule has 1 rings (SSSR count). The number of hydrogen-bond acceptors (Lipinski definition) is 3. The van der Waals surface area contributed by atoms with Gasteiger partial charge in [-0.05, 0) is 24.1 Å². The van der Waals surface area contributed by atoms with Gasteiger partial charge < -0.3 is 16.3 Å². The Morgan fingerprint density at radius 1 is 1.53 bits per heavy atom. The summed E-state index contributed by atoms with van der Waals surface area (Å²) in [6, 6.07) is 3.07. The zero-order valence-corrected chi connectivity index (χ0v) is 11.3. The van der Waals surface area contributed by atoms with Crippen LogP contribution in [0.5, 0.6) is 0 Å². The molecule has 1 aromatic rings. The van der Waals surface area contributed by atoms with Gasteiger partial charge >= 0.3 is 0 Å². The Morgan fingerprint density at radius 3 is 2.63 bits per heavy atom. The summed E-state index contributed by atoms with van der Waals surface area (Å²) in [4.78, 5) is 11.9. The van der Waals surface area contributed by atoms with Crippen LogP contribution >= 0.6 is 11.6 Å². The van der Waals surface area contributed by atoms with Gasteiger partial charge in [0.15, 0.2) is 5.84 Å². The molecule has 1 unspecified atom stereocenters. The number of oxime groups is 1. The number of amidine groups is 1. The maximum Gasteiger partial charge on any atom is 0.251 e. The average molecular weight is 288 g/mol. The first-order chi connectivity index (χ1) is 8.86.